The third-order valence-corrected chi connectivity index (χ3v) is 1.70. The molecule has 1 heterocycles. The summed E-state index contributed by atoms with van der Waals surface area (Å²) in [5, 5.41) is 9.11. The highest BCUT2D eigenvalue weighted by molar-refractivity contribution is 5.44. The van der Waals surface area contributed by atoms with E-state index in [0.717, 1.165) is 7.11 Å². The lowest BCUT2D eigenvalue weighted by Crippen LogP contribution is -2.10. The first-order valence-corrected chi connectivity index (χ1v) is 3.90. The van der Waals surface area contributed by atoms with Crippen LogP contribution >= 0.6 is 0 Å². The average molecular weight is 243 g/mol. The second-order valence-corrected chi connectivity index (χ2v) is 2.74. The van der Waals surface area contributed by atoms with Gasteiger partial charge in [-0.2, -0.15) is 13.2 Å². The zero-order chi connectivity index (χ0) is 12.5. The van der Waals surface area contributed by atoms with E-state index >= 15 is 0 Å². The lowest BCUT2D eigenvalue weighted by atomic mass is 10.2. The zero-order valence-corrected chi connectivity index (χ0v) is 7.85. The number of aromatic nitrogens is 1. The Morgan fingerprint density at radius 3 is 2.31 bits per heavy atom. The maximum atomic E-state index is 12.3. The van der Waals surface area contributed by atoms with Crippen molar-refractivity contribution in [3.05, 3.63) is 17.5 Å². The van der Waals surface area contributed by atoms with Gasteiger partial charge in [-0.3, -0.25) is 0 Å². The van der Waals surface area contributed by atoms with E-state index < -0.39 is 35.5 Å². The summed E-state index contributed by atoms with van der Waals surface area (Å²) >= 11 is 0. The van der Waals surface area contributed by atoms with E-state index in [9.17, 15) is 22.0 Å². The smallest absolute Gasteiger partial charge is 0.433 e. The van der Waals surface area contributed by atoms with Gasteiger partial charge in [0.1, 0.15) is 5.69 Å². The van der Waals surface area contributed by atoms with Crippen LogP contribution in [0, 0.1) is 0 Å². The summed E-state index contributed by atoms with van der Waals surface area (Å²) < 4.78 is 65.6. The van der Waals surface area contributed by atoms with E-state index in [-0.39, 0.29) is 0 Å². The first-order chi connectivity index (χ1) is 7.27. The second kappa shape index (κ2) is 4.11. The van der Waals surface area contributed by atoms with Crippen molar-refractivity contribution in [1.29, 1.82) is 0 Å². The largest absolute Gasteiger partial charge is 0.503 e. The van der Waals surface area contributed by atoms with Crippen molar-refractivity contribution in [2.75, 3.05) is 7.11 Å². The van der Waals surface area contributed by atoms with Gasteiger partial charge in [-0.1, -0.05) is 0 Å². The lowest BCUT2D eigenvalue weighted by molar-refractivity contribution is -0.141. The van der Waals surface area contributed by atoms with Crippen molar-refractivity contribution < 1.29 is 31.8 Å². The zero-order valence-electron chi connectivity index (χ0n) is 7.85. The number of halogens is 5. The molecule has 0 radical (unpaired) electrons. The maximum absolute atomic E-state index is 12.3. The number of hydrogen-bond acceptors (Lipinski definition) is 3. The average Bonchev–Trinajstić information content (AvgIpc) is 2.15. The van der Waals surface area contributed by atoms with Gasteiger partial charge in [0.05, 0.1) is 7.11 Å². The van der Waals surface area contributed by atoms with Crippen LogP contribution in [0.1, 0.15) is 17.8 Å². The number of methoxy groups -OCH3 is 1. The van der Waals surface area contributed by atoms with E-state index in [0.29, 0.717) is 6.07 Å². The molecule has 0 aliphatic rings. The second-order valence-electron chi connectivity index (χ2n) is 2.74. The predicted octanol–water partition coefficient (Wildman–Crippen LogP) is 2.75. The van der Waals surface area contributed by atoms with Crippen molar-refractivity contribution >= 4 is 0 Å². The van der Waals surface area contributed by atoms with Crippen LogP contribution in [0.3, 0.4) is 0 Å². The SMILES string of the molecule is COc1cc(C(F)(F)F)nc(C(F)F)c1O. The fourth-order valence-electron chi connectivity index (χ4n) is 0.987. The molecule has 0 spiro atoms. The van der Waals surface area contributed by atoms with E-state index in [1.54, 1.807) is 0 Å². The standard InChI is InChI=1S/C8H6F5NO2/c1-16-3-2-4(8(11,12)13)14-5(6(3)15)7(9)10/h2,7,15H,1H3. The summed E-state index contributed by atoms with van der Waals surface area (Å²) in [6, 6.07) is 0.348. The molecule has 0 amide bonds. The molecule has 0 bridgehead atoms. The van der Waals surface area contributed by atoms with E-state index in [1.807, 2.05) is 0 Å². The Hall–Kier alpha value is -1.60. The molecule has 0 saturated carbocycles. The number of aromatic hydroxyl groups is 1. The molecule has 0 unspecified atom stereocenters. The molecule has 8 heteroatoms. The van der Waals surface area contributed by atoms with Gasteiger partial charge in [-0.15, -0.1) is 0 Å². The van der Waals surface area contributed by atoms with Gasteiger partial charge in [0, 0.05) is 6.07 Å². The summed E-state index contributed by atoms with van der Waals surface area (Å²) in [5.41, 5.74) is -2.90. The Bertz CT molecular complexity index is 391. The van der Waals surface area contributed by atoms with Crippen molar-refractivity contribution in [2.45, 2.75) is 12.6 Å². The Labute approximate surface area is 86.5 Å². The third kappa shape index (κ3) is 2.31. The topological polar surface area (TPSA) is 42.4 Å². The molecule has 3 nitrogen and oxygen atoms in total. The fraction of sp³-hybridized carbons (Fsp3) is 0.375. The summed E-state index contributed by atoms with van der Waals surface area (Å²) in [6.07, 6.45) is -8.21. The molecule has 1 rings (SSSR count). The molecule has 1 aromatic heterocycles. The number of pyridine rings is 1. The molecule has 0 atom stereocenters. The molecule has 0 aromatic carbocycles. The van der Waals surface area contributed by atoms with Crippen LogP contribution in [-0.2, 0) is 6.18 Å². The first kappa shape index (κ1) is 12.5. The molecule has 1 aromatic rings. The van der Waals surface area contributed by atoms with Crippen molar-refractivity contribution in [3.63, 3.8) is 0 Å². The van der Waals surface area contributed by atoms with Gasteiger partial charge < -0.3 is 9.84 Å². The van der Waals surface area contributed by atoms with Crippen molar-refractivity contribution in [1.82, 2.24) is 4.98 Å². The molecule has 90 valence electrons. The molecular formula is C8H6F5NO2. The van der Waals surface area contributed by atoms with Crippen LogP contribution in [-0.4, -0.2) is 17.2 Å². The minimum atomic E-state index is -4.88. The lowest BCUT2D eigenvalue weighted by Gasteiger charge is -2.12. The summed E-state index contributed by atoms with van der Waals surface area (Å²) in [5.74, 6) is -1.79. The normalized spacial score (nSPS) is 11.9. The van der Waals surface area contributed by atoms with Gasteiger partial charge >= 0.3 is 6.18 Å². The van der Waals surface area contributed by atoms with E-state index in [2.05, 4.69) is 9.72 Å². The molecule has 0 saturated heterocycles. The number of rotatable bonds is 2. The van der Waals surface area contributed by atoms with Crippen LogP contribution < -0.4 is 4.74 Å². The van der Waals surface area contributed by atoms with Crippen molar-refractivity contribution in [3.8, 4) is 11.5 Å². The Morgan fingerprint density at radius 1 is 1.38 bits per heavy atom. The van der Waals surface area contributed by atoms with Gasteiger partial charge in [-0.25, -0.2) is 13.8 Å². The Kier molecular flexibility index (Phi) is 3.20. The van der Waals surface area contributed by atoms with Gasteiger partial charge in [0.15, 0.2) is 17.2 Å². The molecule has 16 heavy (non-hydrogen) atoms. The van der Waals surface area contributed by atoms with Crippen molar-refractivity contribution in [2.24, 2.45) is 0 Å². The van der Waals surface area contributed by atoms with Crippen LogP contribution in [0.5, 0.6) is 11.5 Å². The molecule has 0 fully saturated rings. The number of hydrogen-bond donors (Lipinski definition) is 1. The van der Waals surface area contributed by atoms with Gasteiger partial charge in [0.25, 0.3) is 6.43 Å². The quantitative estimate of drug-likeness (QED) is 0.812. The highest BCUT2D eigenvalue weighted by Crippen LogP contribution is 2.39. The third-order valence-electron chi connectivity index (χ3n) is 1.70. The van der Waals surface area contributed by atoms with Crippen LogP contribution in [0.4, 0.5) is 22.0 Å². The minimum Gasteiger partial charge on any atom is -0.503 e. The summed E-state index contributed by atoms with van der Waals surface area (Å²) in [4.78, 5) is 2.65. The molecule has 0 aliphatic carbocycles. The predicted molar refractivity (Wildman–Crippen MR) is 42.4 cm³/mol. The highest BCUT2D eigenvalue weighted by atomic mass is 19.4. The highest BCUT2D eigenvalue weighted by Gasteiger charge is 2.35. The van der Waals surface area contributed by atoms with Gasteiger partial charge in [0.2, 0.25) is 0 Å². The monoisotopic (exact) mass is 243 g/mol. The van der Waals surface area contributed by atoms with Gasteiger partial charge in [-0.05, 0) is 0 Å². The van der Waals surface area contributed by atoms with Crippen LogP contribution in [0.2, 0.25) is 0 Å². The Morgan fingerprint density at radius 2 is 1.94 bits per heavy atom. The first-order valence-electron chi connectivity index (χ1n) is 3.90. The fourth-order valence-corrected chi connectivity index (χ4v) is 0.987. The number of alkyl halides is 5. The van der Waals surface area contributed by atoms with Crippen LogP contribution in [0.15, 0.2) is 6.07 Å². The summed E-state index contributed by atoms with van der Waals surface area (Å²) in [6.45, 7) is 0. The number of ether oxygens (including phenoxy) is 1. The Balaban J connectivity index is 3.40. The molecule has 0 aliphatic heterocycles. The maximum Gasteiger partial charge on any atom is 0.433 e. The number of nitrogens with zero attached hydrogens (tertiary/aromatic N) is 1. The summed E-state index contributed by atoms with van der Waals surface area (Å²) in [7, 11) is 0.949. The molecular weight excluding hydrogens is 237 g/mol. The van der Waals surface area contributed by atoms with E-state index in [1.165, 1.54) is 0 Å². The van der Waals surface area contributed by atoms with Crippen LogP contribution in [0.25, 0.3) is 0 Å². The molecule has 1 N–H and O–H groups in total. The van der Waals surface area contributed by atoms with E-state index in [4.69, 9.17) is 5.11 Å². The minimum absolute atomic E-state index is 0.348.